The Morgan fingerprint density at radius 1 is 1.12 bits per heavy atom. The molecule has 1 aliphatic rings. The lowest BCUT2D eigenvalue weighted by molar-refractivity contribution is -0.384. The maximum Gasteiger partial charge on any atom is 0.335 e. The van der Waals surface area contributed by atoms with E-state index in [2.05, 4.69) is 11.9 Å². The second kappa shape index (κ2) is 11.9. The lowest BCUT2D eigenvalue weighted by Crippen LogP contribution is -2.54. The maximum atomic E-state index is 13.3. The molecule has 0 unspecified atom stereocenters. The van der Waals surface area contributed by atoms with E-state index < -0.39 is 28.7 Å². The molecule has 1 heterocycles. The summed E-state index contributed by atoms with van der Waals surface area (Å²) in [5.74, 6) is -2.28. The highest BCUT2D eigenvalue weighted by atomic mass is 16.6. The summed E-state index contributed by atoms with van der Waals surface area (Å²) in [6, 6.07) is 13.3. The lowest BCUT2D eigenvalue weighted by atomic mass is 10.0. The number of carbonyl (C=O) groups excluding carboxylic acids is 3. The van der Waals surface area contributed by atoms with Crippen LogP contribution in [0.25, 0.3) is 6.08 Å². The van der Waals surface area contributed by atoms with Gasteiger partial charge in [-0.2, -0.15) is 0 Å². The number of ether oxygens (including phenoxy) is 2. The summed E-state index contributed by atoms with van der Waals surface area (Å²) in [6.07, 6.45) is 3.23. The van der Waals surface area contributed by atoms with Gasteiger partial charge in [-0.3, -0.25) is 25.0 Å². The van der Waals surface area contributed by atoms with E-state index in [1.165, 1.54) is 49.6 Å². The summed E-state index contributed by atoms with van der Waals surface area (Å²) in [5.41, 5.74) is 1.05. The van der Waals surface area contributed by atoms with Gasteiger partial charge < -0.3 is 14.6 Å². The van der Waals surface area contributed by atoms with E-state index in [1.54, 1.807) is 24.3 Å². The quantitative estimate of drug-likeness (QED) is 0.122. The molecule has 4 rings (SSSR count). The zero-order chi connectivity index (χ0) is 29.7. The zero-order valence-electron chi connectivity index (χ0n) is 21.7. The minimum Gasteiger partial charge on any atom is -0.493 e. The topological polar surface area (TPSA) is 165 Å². The summed E-state index contributed by atoms with van der Waals surface area (Å²) < 4.78 is 11.5. The fourth-order valence-electron chi connectivity index (χ4n) is 4.09. The van der Waals surface area contributed by atoms with Crippen molar-refractivity contribution in [2.75, 3.05) is 12.0 Å². The summed E-state index contributed by atoms with van der Waals surface area (Å²) in [4.78, 5) is 60.7. The van der Waals surface area contributed by atoms with Crippen LogP contribution in [0.3, 0.4) is 0 Å². The normalized spacial score (nSPS) is 14.0. The number of aromatic carboxylic acids is 1. The van der Waals surface area contributed by atoms with Crippen LogP contribution in [0.4, 0.5) is 16.2 Å². The van der Waals surface area contributed by atoms with Crippen LogP contribution in [0.1, 0.15) is 27.0 Å². The fourth-order valence-corrected chi connectivity index (χ4v) is 4.09. The Morgan fingerprint density at radius 3 is 2.49 bits per heavy atom. The van der Waals surface area contributed by atoms with Gasteiger partial charge >= 0.3 is 12.0 Å². The molecular formula is C29H23N3O9. The highest BCUT2D eigenvalue weighted by Crippen LogP contribution is 2.35. The molecular weight excluding hydrogens is 534 g/mol. The minimum atomic E-state index is -1.04. The van der Waals surface area contributed by atoms with Crippen LogP contribution < -0.4 is 19.7 Å². The van der Waals surface area contributed by atoms with Crippen LogP contribution in [0.5, 0.6) is 11.5 Å². The van der Waals surface area contributed by atoms with E-state index in [0.717, 1.165) is 6.07 Å². The zero-order valence-corrected chi connectivity index (χ0v) is 21.7. The molecule has 3 aromatic carbocycles. The number of benzene rings is 3. The van der Waals surface area contributed by atoms with Crippen LogP contribution in [-0.2, 0) is 22.6 Å². The average molecular weight is 558 g/mol. The molecule has 12 heteroatoms. The molecule has 0 atom stereocenters. The van der Waals surface area contributed by atoms with Gasteiger partial charge in [0.2, 0.25) is 0 Å². The number of nitrogens with zero attached hydrogens (tertiary/aromatic N) is 2. The van der Waals surface area contributed by atoms with Crippen molar-refractivity contribution in [2.24, 2.45) is 0 Å². The molecule has 1 saturated heterocycles. The highest BCUT2D eigenvalue weighted by Gasteiger charge is 2.37. The number of hydrogen-bond donors (Lipinski definition) is 2. The molecule has 2 N–H and O–H groups in total. The number of urea groups is 1. The van der Waals surface area contributed by atoms with Gasteiger partial charge in [-0.05, 0) is 54.0 Å². The van der Waals surface area contributed by atoms with E-state index in [-0.39, 0.29) is 34.9 Å². The van der Waals surface area contributed by atoms with Crippen molar-refractivity contribution in [2.45, 2.75) is 13.0 Å². The standard InChI is InChI=1S/C29H23N3O9/c1-3-5-20-12-18(14-24(40-2)25(20)41-16-17-8-10-19(11-9-17)28(35)36)13-23-26(33)30-29(37)31(27(23)34)21-6-4-7-22(15-21)32(38)39/h3-4,6-15H,1,5,16H2,2H3,(H,35,36)(H,30,33,37)/b23-13+. The number of non-ortho nitro benzene ring substituents is 1. The lowest BCUT2D eigenvalue weighted by Gasteiger charge is -2.26. The van der Waals surface area contributed by atoms with Gasteiger partial charge in [-0.1, -0.05) is 24.3 Å². The number of imide groups is 2. The van der Waals surface area contributed by atoms with Gasteiger partial charge in [-0.15, -0.1) is 6.58 Å². The number of amides is 4. The molecule has 4 amide bonds. The first-order valence-corrected chi connectivity index (χ1v) is 12.1. The first-order chi connectivity index (χ1) is 19.6. The monoisotopic (exact) mass is 557 g/mol. The molecule has 0 radical (unpaired) electrons. The Bertz CT molecular complexity index is 1610. The van der Waals surface area contributed by atoms with Crippen LogP contribution >= 0.6 is 0 Å². The van der Waals surface area contributed by atoms with E-state index in [4.69, 9.17) is 14.6 Å². The number of anilines is 1. The number of allylic oxidation sites excluding steroid dienone is 1. The molecule has 0 spiro atoms. The van der Waals surface area contributed by atoms with Crippen molar-refractivity contribution in [3.8, 4) is 11.5 Å². The fraction of sp³-hybridized carbons (Fsp3) is 0.103. The van der Waals surface area contributed by atoms with Gasteiger partial charge in [0.25, 0.3) is 17.5 Å². The molecule has 41 heavy (non-hydrogen) atoms. The predicted molar refractivity (Wildman–Crippen MR) is 147 cm³/mol. The van der Waals surface area contributed by atoms with Crippen LogP contribution in [0, 0.1) is 10.1 Å². The smallest absolute Gasteiger partial charge is 0.335 e. The van der Waals surface area contributed by atoms with Crippen LogP contribution in [0.2, 0.25) is 0 Å². The number of nitro benzene ring substituents is 1. The van der Waals surface area contributed by atoms with E-state index in [1.807, 2.05) is 0 Å². The summed E-state index contributed by atoms with van der Waals surface area (Å²) in [6.45, 7) is 3.86. The number of hydrogen-bond acceptors (Lipinski definition) is 8. The third-order valence-electron chi connectivity index (χ3n) is 6.03. The van der Waals surface area contributed by atoms with Crippen LogP contribution in [-0.4, -0.2) is 41.0 Å². The van der Waals surface area contributed by atoms with Crippen molar-refractivity contribution in [1.82, 2.24) is 5.32 Å². The third-order valence-corrected chi connectivity index (χ3v) is 6.03. The van der Waals surface area contributed by atoms with Crippen molar-refractivity contribution < 1.29 is 38.7 Å². The Kier molecular flexibility index (Phi) is 8.23. The first-order valence-electron chi connectivity index (χ1n) is 12.1. The second-order valence-electron chi connectivity index (χ2n) is 8.73. The maximum absolute atomic E-state index is 13.3. The molecule has 1 aliphatic heterocycles. The molecule has 1 fully saturated rings. The molecule has 3 aromatic rings. The molecule has 12 nitrogen and oxygen atoms in total. The number of nitro groups is 1. The van der Waals surface area contributed by atoms with E-state index >= 15 is 0 Å². The summed E-state index contributed by atoms with van der Waals surface area (Å²) in [5, 5.41) is 22.4. The van der Waals surface area contributed by atoms with E-state index in [0.29, 0.717) is 33.8 Å². The number of nitrogens with one attached hydrogen (secondary N) is 1. The Balaban J connectivity index is 1.68. The van der Waals surface area contributed by atoms with Crippen molar-refractivity contribution >= 4 is 41.3 Å². The molecule has 0 aliphatic carbocycles. The Morgan fingerprint density at radius 2 is 1.85 bits per heavy atom. The number of barbiturate groups is 1. The van der Waals surface area contributed by atoms with Crippen molar-refractivity contribution in [3.63, 3.8) is 0 Å². The van der Waals surface area contributed by atoms with E-state index in [9.17, 15) is 29.3 Å². The Hall–Kier alpha value is -5.78. The van der Waals surface area contributed by atoms with Gasteiger partial charge in [-0.25, -0.2) is 14.5 Å². The average Bonchev–Trinajstić information content (AvgIpc) is 2.94. The Labute approximate surface area is 233 Å². The number of carbonyl (C=O) groups is 4. The molecule has 0 aromatic heterocycles. The summed E-state index contributed by atoms with van der Waals surface area (Å²) >= 11 is 0. The third kappa shape index (κ3) is 6.11. The first kappa shape index (κ1) is 28.2. The largest absolute Gasteiger partial charge is 0.493 e. The minimum absolute atomic E-state index is 0.0786. The van der Waals surface area contributed by atoms with Gasteiger partial charge in [0, 0.05) is 17.7 Å². The van der Waals surface area contributed by atoms with Gasteiger partial charge in [0.05, 0.1) is 23.3 Å². The molecule has 0 saturated carbocycles. The second-order valence-corrected chi connectivity index (χ2v) is 8.73. The molecule has 0 bridgehead atoms. The number of rotatable bonds is 10. The molecule has 208 valence electrons. The SMILES string of the molecule is C=CCc1cc(/C=C2\C(=O)NC(=O)N(c3cccc([N+](=O)[O-])c3)C2=O)cc(OC)c1OCc1ccc(C(=O)O)cc1. The van der Waals surface area contributed by atoms with Gasteiger partial charge in [0.15, 0.2) is 11.5 Å². The number of methoxy groups -OCH3 is 1. The number of carboxylic acid groups (broad SMARTS) is 1. The van der Waals surface area contributed by atoms with Gasteiger partial charge in [0.1, 0.15) is 12.2 Å². The van der Waals surface area contributed by atoms with Crippen molar-refractivity contribution in [3.05, 3.63) is 111 Å². The number of carboxylic acids is 1. The predicted octanol–water partition coefficient (Wildman–Crippen LogP) is 4.28. The van der Waals surface area contributed by atoms with Crippen LogP contribution in [0.15, 0.2) is 78.9 Å². The van der Waals surface area contributed by atoms with Crippen molar-refractivity contribution in [1.29, 1.82) is 0 Å². The summed E-state index contributed by atoms with van der Waals surface area (Å²) in [7, 11) is 1.42. The highest BCUT2D eigenvalue weighted by molar-refractivity contribution is 6.39.